The van der Waals surface area contributed by atoms with E-state index in [2.05, 4.69) is 0 Å². The van der Waals surface area contributed by atoms with Gasteiger partial charge in [-0.2, -0.15) is 0 Å². The van der Waals surface area contributed by atoms with Gasteiger partial charge in [-0.15, -0.1) is 0 Å². The van der Waals surface area contributed by atoms with Crippen molar-refractivity contribution >= 4 is 5.69 Å². The first-order valence-corrected chi connectivity index (χ1v) is 3.72. The molecule has 0 aliphatic rings. The Morgan fingerprint density at radius 3 is 2.75 bits per heavy atom. The molecule has 0 aromatic heterocycles. The standard InChI is InChI=1S/C9H13NO2/c1-7-3-4-9(8(10)5-7)12-6-11-2/h3-5H,6,10H2,1-2H3. The van der Waals surface area contributed by atoms with Gasteiger partial charge in [0.15, 0.2) is 6.79 Å². The molecule has 0 spiro atoms. The maximum absolute atomic E-state index is 5.68. The molecule has 0 unspecified atom stereocenters. The summed E-state index contributed by atoms with van der Waals surface area (Å²) in [5.41, 5.74) is 7.45. The molecule has 1 aromatic carbocycles. The third kappa shape index (κ3) is 2.13. The fourth-order valence-corrected chi connectivity index (χ4v) is 0.922. The number of aryl methyl sites for hydroxylation is 1. The largest absolute Gasteiger partial charge is 0.465 e. The summed E-state index contributed by atoms with van der Waals surface area (Å²) in [4.78, 5) is 0. The van der Waals surface area contributed by atoms with Crippen LogP contribution in [-0.4, -0.2) is 13.9 Å². The molecule has 1 aromatic rings. The third-order valence-corrected chi connectivity index (χ3v) is 1.50. The van der Waals surface area contributed by atoms with Crippen molar-refractivity contribution in [3.63, 3.8) is 0 Å². The summed E-state index contributed by atoms with van der Waals surface area (Å²) in [6.45, 7) is 2.21. The number of nitrogens with two attached hydrogens (primary N) is 1. The van der Waals surface area contributed by atoms with E-state index in [1.165, 1.54) is 0 Å². The van der Waals surface area contributed by atoms with Crippen LogP contribution in [0.4, 0.5) is 5.69 Å². The van der Waals surface area contributed by atoms with E-state index in [0.717, 1.165) is 5.56 Å². The van der Waals surface area contributed by atoms with Crippen LogP contribution in [0.2, 0.25) is 0 Å². The van der Waals surface area contributed by atoms with Gasteiger partial charge < -0.3 is 15.2 Å². The first-order valence-electron chi connectivity index (χ1n) is 3.72. The zero-order chi connectivity index (χ0) is 8.97. The molecule has 0 atom stereocenters. The zero-order valence-corrected chi connectivity index (χ0v) is 7.33. The van der Waals surface area contributed by atoms with Gasteiger partial charge >= 0.3 is 0 Å². The van der Waals surface area contributed by atoms with Crippen molar-refractivity contribution in [3.8, 4) is 5.75 Å². The number of benzene rings is 1. The maximum Gasteiger partial charge on any atom is 0.188 e. The van der Waals surface area contributed by atoms with Gasteiger partial charge in [0.1, 0.15) is 5.75 Å². The van der Waals surface area contributed by atoms with Crippen LogP contribution in [0.25, 0.3) is 0 Å². The second-order valence-electron chi connectivity index (χ2n) is 2.59. The quantitative estimate of drug-likeness (QED) is 0.549. The van der Waals surface area contributed by atoms with Crippen LogP contribution in [0.3, 0.4) is 0 Å². The fourth-order valence-electron chi connectivity index (χ4n) is 0.922. The molecule has 0 aliphatic carbocycles. The van der Waals surface area contributed by atoms with Crippen molar-refractivity contribution in [2.45, 2.75) is 6.92 Å². The molecule has 12 heavy (non-hydrogen) atoms. The van der Waals surface area contributed by atoms with Crippen molar-refractivity contribution in [3.05, 3.63) is 23.8 Å². The number of ether oxygens (including phenoxy) is 2. The summed E-state index contributed by atoms with van der Waals surface area (Å²) < 4.78 is 9.95. The number of hydrogen-bond donors (Lipinski definition) is 1. The lowest BCUT2D eigenvalue weighted by Gasteiger charge is -2.07. The molecule has 3 nitrogen and oxygen atoms in total. The second-order valence-corrected chi connectivity index (χ2v) is 2.59. The van der Waals surface area contributed by atoms with Crippen LogP contribution >= 0.6 is 0 Å². The van der Waals surface area contributed by atoms with Gasteiger partial charge in [-0.3, -0.25) is 0 Å². The van der Waals surface area contributed by atoms with Crippen molar-refractivity contribution < 1.29 is 9.47 Å². The molecule has 0 fully saturated rings. The summed E-state index contributed by atoms with van der Waals surface area (Å²) in [6.07, 6.45) is 0. The molecule has 0 amide bonds. The Kier molecular flexibility index (Phi) is 2.94. The van der Waals surface area contributed by atoms with Crippen LogP contribution in [-0.2, 0) is 4.74 Å². The number of hydrogen-bond acceptors (Lipinski definition) is 3. The Hall–Kier alpha value is -1.22. The van der Waals surface area contributed by atoms with E-state index < -0.39 is 0 Å². The highest BCUT2D eigenvalue weighted by molar-refractivity contribution is 5.53. The highest BCUT2D eigenvalue weighted by Gasteiger charge is 1.98. The van der Waals surface area contributed by atoms with Crippen LogP contribution in [0.1, 0.15) is 5.56 Å². The number of anilines is 1. The van der Waals surface area contributed by atoms with E-state index >= 15 is 0 Å². The number of methoxy groups -OCH3 is 1. The SMILES string of the molecule is COCOc1ccc(C)cc1N. The summed E-state index contributed by atoms with van der Waals surface area (Å²) in [7, 11) is 1.57. The van der Waals surface area contributed by atoms with Gasteiger partial charge in [-0.1, -0.05) is 6.07 Å². The smallest absolute Gasteiger partial charge is 0.188 e. The van der Waals surface area contributed by atoms with Crippen molar-refractivity contribution in [2.24, 2.45) is 0 Å². The van der Waals surface area contributed by atoms with Gasteiger partial charge in [0, 0.05) is 7.11 Å². The Morgan fingerprint density at radius 2 is 2.17 bits per heavy atom. The summed E-state index contributed by atoms with van der Waals surface area (Å²) in [5, 5.41) is 0. The lowest BCUT2D eigenvalue weighted by Crippen LogP contribution is -2.01. The van der Waals surface area contributed by atoms with Crippen molar-refractivity contribution in [1.82, 2.24) is 0 Å². The lowest BCUT2D eigenvalue weighted by atomic mass is 10.2. The predicted molar refractivity (Wildman–Crippen MR) is 48.1 cm³/mol. The second kappa shape index (κ2) is 3.97. The van der Waals surface area contributed by atoms with E-state index in [-0.39, 0.29) is 6.79 Å². The van der Waals surface area contributed by atoms with E-state index in [0.29, 0.717) is 11.4 Å². The molecule has 0 bridgehead atoms. The highest BCUT2D eigenvalue weighted by atomic mass is 16.7. The van der Waals surface area contributed by atoms with E-state index in [1.54, 1.807) is 7.11 Å². The van der Waals surface area contributed by atoms with E-state index in [4.69, 9.17) is 15.2 Å². The monoisotopic (exact) mass is 167 g/mol. The summed E-state index contributed by atoms with van der Waals surface area (Å²) in [6, 6.07) is 5.65. The first kappa shape index (κ1) is 8.87. The van der Waals surface area contributed by atoms with Crippen LogP contribution in [0.5, 0.6) is 5.75 Å². The highest BCUT2D eigenvalue weighted by Crippen LogP contribution is 2.21. The minimum atomic E-state index is 0.229. The van der Waals surface area contributed by atoms with E-state index in [1.807, 2.05) is 25.1 Å². The third-order valence-electron chi connectivity index (χ3n) is 1.50. The number of nitrogen functional groups attached to an aromatic ring is 1. The van der Waals surface area contributed by atoms with Crippen LogP contribution < -0.4 is 10.5 Å². The fraction of sp³-hybridized carbons (Fsp3) is 0.333. The predicted octanol–water partition coefficient (Wildman–Crippen LogP) is 1.56. The molecule has 0 radical (unpaired) electrons. The average molecular weight is 167 g/mol. The molecule has 0 saturated carbocycles. The van der Waals surface area contributed by atoms with Gasteiger partial charge in [-0.25, -0.2) is 0 Å². The molecule has 0 aliphatic heterocycles. The molecule has 0 saturated heterocycles. The van der Waals surface area contributed by atoms with Gasteiger partial charge in [0.25, 0.3) is 0 Å². The van der Waals surface area contributed by atoms with Gasteiger partial charge in [0.2, 0.25) is 0 Å². The van der Waals surface area contributed by atoms with Crippen molar-refractivity contribution in [2.75, 3.05) is 19.6 Å². The Morgan fingerprint density at radius 1 is 1.42 bits per heavy atom. The normalized spacial score (nSPS) is 9.83. The molecule has 3 heteroatoms. The molecular formula is C9H13NO2. The molecule has 0 heterocycles. The summed E-state index contributed by atoms with van der Waals surface area (Å²) in [5.74, 6) is 0.669. The zero-order valence-electron chi connectivity index (χ0n) is 7.33. The molecule has 1 rings (SSSR count). The van der Waals surface area contributed by atoms with Crippen molar-refractivity contribution in [1.29, 1.82) is 0 Å². The molecule has 2 N–H and O–H groups in total. The Labute approximate surface area is 72.1 Å². The maximum atomic E-state index is 5.68. The first-order chi connectivity index (χ1) is 5.74. The van der Waals surface area contributed by atoms with Gasteiger partial charge in [0.05, 0.1) is 5.69 Å². The van der Waals surface area contributed by atoms with E-state index in [9.17, 15) is 0 Å². The lowest BCUT2D eigenvalue weighted by molar-refractivity contribution is 0.0516. The van der Waals surface area contributed by atoms with Crippen LogP contribution in [0, 0.1) is 6.92 Å². The average Bonchev–Trinajstić information content (AvgIpc) is 2.03. The minimum Gasteiger partial charge on any atom is -0.465 e. The molecular weight excluding hydrogens is 154 g/mol. The van der Waals surface area contributed by atoms with Crippen LogP contribution in [0.15, 0.2) is 18.2 Å². The Balaban J connectivity index is 2.72. The Bertz CT molecular complexity index is 261. The topological polar surface area (TPSA) is 44.5 Å². The molecule has 66 valence electrons. The van der Waals surface area contributed by atoms with Gasteiger partial charge in [-0.05, 0) is 24.6 Å². The number of rotatable bonds is 3. The minimum absolute atomic E-state index is 0.229. The summed E-state index contributed by atoms with van der Waals surface area (Å²) >= 11 is 0.